The van der Waals surface area contributed by atoms with Crippen LogP contribution in [0.1, 0.15) is 23.4 Å². The molecule has 0 aliphatic heterocycles. The maximum Gasteiger partial charge on any atom is 0.268 e. The smallest absolute Gasteiger partial charge is 0.268 e. The second-order valence-electron chi connectivity index (χ2n) is 6.29. The van der Waals surface area contributed by atoms with Gasteiger partial charge < -0.3 is 9.72 Å². The van der Waals surface area contributed by atoms with Gasteiger partial charge in [0.05, 0.1) is 19.2 Å². The van der Waals surface area contributed by atoms with Crippen molar-refractivity contribution in [1.82, 2.24) is 14.9 Å². The van der Waals surface area contributed by atoms with Gasteiger partial charge in [0, 0.05) is 0 Å². The highest BCUT2D eigenvalue weighted by molar-refractivity contribution is 7.17. The normalized spacial score (nSPS) is 11.4. The number of H-pyrrole nitrogens is 1. The number of methoxy groups -OCH3 is 1. The first-order chi connectivity index (χ1) is 12.1. The standard InChI is InChI=1S/C19H23N3O2S/c1-13-11-14(6-7-16(13)24-3)5-4-9-22(2)12-17-20-15-8-10-25-18(15)19(23)21-17/h6-8,10-11H,4-5,9,12H2,1-3H3,(H,20,21,23). The minimum atomic E-state index is -0.0443. The third-order valence-electron chi connectivity index (χ3n) is 4.25. The average molecular weight is 357 g/mol. The topological polar surface area (TPSA) is 58.2 Å². The van der Waals surface area contributed by atoms with Gasteiger partial charge in [-0.25, -0.2) is 4.98 Å². The molecular weight excluding hydrogens is 334 g/mol. The van der Waals surface area contributed by atoms with Crippen LogP contribution in [-0.2, 0) is 13.0 Å². The van der Waals surface area contributed by atoms with Crippen molar-refractivity contribution >= 4 is 21.6 Å². The van der Waals surface area contributed by atoms with Gasteiger partial charge in [-0.3, -0.25) is 9.69 Å². The monoisotopic (exact) mass is 357 g/mol. The first-order valence-corrected chi connectivity index (χ1v) is 9.23. The van der Waals surface area contributed by atoms with E-state index in [1.807, 2.05) is 17.5 Å². The van der Waals surface area contributed by atoms with Crippen molar-refractivity contribution in [2.75, 3.05) is 20.7 Å². The van der Waals surface area contributed by atoms with Crippen molar-refractivity contribution in [2.45, 2.75) is 26.3 Å². The van der Waals surface area contributed by atoms with Gasteiger partial charge in [-0.1, -0.05) is 12.1 Å². The summed E-state index contributed by atoms with van der Waals surface area (Å²) in [6, 6.07) is 8.22. The van der Waals surface area contributed by atoms with Crippen molar-refractivity contribution in [1.29, 1.82) is 0 Å². The van der Waals surface area contributed by atoms with Crippen molar-refractivity contribution in [3.05, 3.63) is 57.0 Å². The fourth-order valence-electron chi connectivity index (χ4n) is 2.98. The van der Waals surface area contributed by atoms with Crippen LogP contribution in [0.5, 0.6) is 5.75 Å². The van der Waals surface area contributed by atoms with Gasteiger partial charge in [0.25, 0.3) is 5.56 Å². The number of aromatic nitrogens is 2. The number of rotatable bonds is 7. The largest absolute Gasteiger partial charge is 0.496 e. The van der Waals surface area contributed by atoms with Crippen LogP contribution in [0.15, 0.2) is 34.4 Å². The number of hydrogen-bond donors (Lipinski definition) is 1. The van der Waals surface area contributed by atoms with Crippen LogP contribution in [0, 0.1) is 6.92 Å². The third kappa shape index (κ3) is 4.27. The van der Waals surface area contributed by atoms with Crippen LogP contribution in [0.3, 0.4) is 0 Å². The average Bonchev–Trinajstić information content (AvgIpc) is 3.04. The summed E-state index contributed by atoms with van der Waals surface area (Å²) in [5.41, 5.74) is 3.22. The Hall–Kier alpha value is -2.18. The van der Waals surface area contributed by atoms with E-state index in [9.17, 15) is 4.79 Å². The zero-order chi connectivity index (χ0) is 17.8. The third-order valence-corrected chi connectivity index (χ3v) is 5.15. The van der Waals surface area contributed by atoms with Crippen molar-refractivity contribution < 1.29 is 4.74 Å². The summed E-state index contributed by atoms with van der Waals surface area (Å²) in [7, 11) is 3.75. The number of aryl methyl sites for hydroxylation is 2. The zero-order valence-corrected chi connectivity index (χ0v) is 15.7. The first-order valence-electron chi connectivity index (χ1n) is 8.35. The second kappa shape index (κ2) is 7.80. The van der Waals surface area contributed by atoms with Crippen LogP contribution in [0.4, 0.5) is 0 Å². The van der Waals surface area contributed by atoms with Gasteiger partial charge in [0.1, 0.15) is 16.3 Å². The second-order valence-corrected chi connectivity index (χ2v) is 7.21. The molecule has 0 aliphatic rings. The maximum absolute atomic E-state index is 12.0. The molecular formula is C19H23N3O2S. The Morgan fingerprint density at radius 1 is 1.32 bits per heavy atom. The summed E-state index contributed by atoms with van der Waals surface area (Å²) in [5, 5.41) is 1.90. The molecule has 0 saturated heterocycles. The molecule has 1 aromatic carbocycles. The first kappa shape index (κ1) is 17.6. The summed E-state index contributed by atoms with van der Waals surface area (Å²) >= 11 is 1.43. The highest BCUT2D eigenvalue weighted by Gasteiger charge is 2.08. The molecule has 0 unspecified atom stereocenters. The van der Waals surface area contributed by atoms with Crippen LogP contribution in [-0.4, -0.2) is 35.6 Å². The van der Waals surface area contributed by atoms with E-state index < -0.39 is 0 Å². The quantitative estimate of drug-likeness (QED) is 0.704. The number of benzene rings is 1. The lowest BCUT2D eigenvalue weighted by atomic mass is 10.1. The van der Waals surface area contributed by atoms with E-state index in [1.54, 1.807) is 7.11 Å². The van der Waals surface area contributed by atoms with E-state index in [-0.39, 0.29) is 5.56 Å². The molecule has 3 rings (SSSR count). The Bertz CT molecular complexity index is 916. The van der Waals surface area contributed by atoms with E-state index in [1.165, 1.54) is 22.5 Å². The van der Waals surface area contributed by atoms with E-state index in [2.05, 4.69) is 41.0 Å². The molecule has 132 valence electrons. The molecule has 2 heterocycles. The number of nitrogens with one attached hydrogen (secondary N) is 1. The molecule has 0 amide bonds. The highest BCUT2D eigenvalue weighted by Crippen LogP contribution is 2.19. The fraction of sp³-hybridized carbons (Fsp3) is 0.368. The predicted molar refractivity (Wildman–Crippen MR) is 103 cm³/mol. The van der Waals surface area contributed by atoms with Crippen LogP contribution < -0.4 is 10.3 Å². The van der Waals surface area contributed by atoms with E-state index >= 15 is 0 Å². The molecule has 1 N–H and O–H groups in total. The molecule has 5 nitrogen and oxygen atoms in total. The van der Waals surface area contributed by atoms with Gasteiger partial charge in [0.2, 0.25) is 0 Å². The molecule has 0 atom stereocenters. The number of hydrogen-bond acceptors (Lipinski definition) is 5. The Kier molecular flexibility index (Phi) is 5.50. The number of fused-ring (bicyclic) bond motifs is 1. The van der Waals surface area contributed by atoms with E-state index in [0.29, 0.717) is 11.2 Å². The molecule has 25 heavy (non-hydrogen) atoms. The van der Waals surface area contributed by atoms with Crippen molar-refractivity contribution in [2.24, 2.45) is 0 Å². The lowest BCUT2D eigenvalue weighted by Gasteiger charge is -2.16. The molecule has 0 radical (unpaired) electrons. The Morgan fingerprint density at radius 3 is 2.92 bits per heavy atom. The number of ether oxygens (including phenoxy) is 1. The zero-order valence-electron chi connectivity index (χ0n) is 14.8. The molecule has 3 aromatic rings. The van der Waals surface area contributed by atoms with Gasteiger partial charge in [-0.15, -0.1) is 11.3 Å². The maximum atomic E-state index is 12.0. The van der Waals surface area contributed by atoms with Gasteiger partial charge in [-0.2, -0.15) is 0 Å². The Morgan fingerprint density at radius 2 is 2.16 bits per heavy atom. The molecule has 0 aliphatic carbocycles. The number of nitrogens with zero attached hydrogens (tertiary/aromatic N) is 2. The predicted octanol–water partition coefficient (Wildman–Crippen LogP) is 3.37. The minimum Gasteiger partial charge on any atom is -0.496 e. The number of thiophene rings is 1. The summed E-state index contributed by atoms with van der Waals surface area (Å²) < 4.78 is 6.00. The summed E-state index contributed by atoms with van der Waals surface area (Å²) in [4.78, 5) is 21.6. The van der Waals surface area contributed by atoms with Crippen LogP contribution >= 0.6 is 11.3 Å². The SMILES string of the molecule is COc1ccc(CCCN(C)Cc2nc3ccsc3c(=O)[nH]2)cc1C. The van der Waals surface area contributed by atoms with E-state index in [4.69, 9.17) is 4.74 Å². The minimum absolute atomic E-state index is 0.0443. The van der Waals surface area contributed by atoms with Gasteiger partial charge in [0.15, 0.2) is 0 Å². The summed E-state index contributed by atoms with van der Waals surface area (Å²) in [6.07, 6.45) is 2.07. The van der Waals surface area contributed by atoms with E-state index in [0.717, 1.165) is 36.5 Å². The lowest BCUT2D eigenvalue weighted by molar-refractivity contribution is 0.314. The summed E-state index contributed by atoms with van der Waals surface area (Å²) in [5.74, 6) is 1.65. The fourth-order valence-corrected chi connectivity index (χ4v) is 3.71. The molecule has 6 heteroatoms. The molecule has 0 saturated carbocycles. The summed E-state index contributed by atoms with van der Waals surface area (Å²) in [6.45, 7) is 3.65. The molecule has 0 spiro atoms. The van der Waals surface area contributed by atoms with Crippen LogP contribution in [0.25, 0.3) is 10.2 Å². The molecule has 0 bridgehead atoms. The molecule has 0 fully saturated rings. The van der Waals surface area contributed by atoms with Gasteiger partial charge in [-0.05, 0) is 62.0 Å². The Labute approximate surface area is 151 Å². The number of aromatic amines is 1. The van der Waals surface area contributed by atoms with Crippen molar-refractivity contribution in [3.63, 3.8) is 0 Å². The van der Waals surface area contributed by atoms with Crippen LogP contribution in [0.2, 0.25) is 0 Å². The molecule has 2 aromatic heterocycles. The highest BCUT2D eigenvalue weighted by atomic mass is 32.1. The lowest BCUT2D eigenvalue weighted by Crippen LogP contribution is -2.23. The van der Waals surface area contributed by atoms with Crippen molar-refractivity contribution in [3.8, 4) is 5.75 Å². The Balaban J connectivity index is 1.54. The van der Waals surface area contributed by atoms with Gasteiger partial charge >= 0.3 is 0 Å².